The molecule has 0 fully saturated rings. The van der Waals surface area contributed by atoms with Gasteiger partial charge in [0.05, 0.1) is 37.4 Å². The molecular weight excluding hydrogens is 766 g/mol. The Morgan fingerprint density at radius 2 is 1.15 bits per heavy atom. The minimum absolute atomic E-state index is 0.0942. The van der Waals surface area contributed by atoms with E-state index in [-0.39, 0.29) is 29.8 Å². The van der Waals surface area contributed by atoms with Gasteiger partial charge in [-0.25, -0.2) is 0 Å². The van der Waals surface area contributed by atoms with Crippen LogP contribution in [0.5, 0.6) is 0 Å². The van der Waals surface area contributed by atoms with Crippen LogP contribution >= 0.6 is 35.0 Å². The lowest BCUT2D eigenvalue weighted by molar-refractivity contribution is 0.0805. The van der Waals surface area contributed by atoms with Crippen molar-refractivity contribution in [1.29, 1.82) is 0 Å². The fraction of sp³-hybridized carbons (Fsp3) is 0.526. The Bertz CT molecular complexity index is 1560. The van der Waals surface area contributed by atoms with Crippen LogP contribution < -0.4 is 0 Å². The Kier molecular flexibility index (Phi) is 25.2. The van der Waals surface area contributed by atoms with Crippen molar-refractivity contribution >= 4 is 61.0 Å². The highest BCUT2D eigenvalue weighted by atomic mass is 35.5. The first-order valence-electron chi connectivity index (χ1n) is 16.3. The van der Waals surface area contributed by atoms with Crippen molar-refractivity contribution in [2.45, 2.75) is 74.1 Å². The van der Waals surface area contributed by atoms with Gasteiger partial charge in [0.1, 0.15) is 0 Å². The lowest BCUT2D eigenvalue weighted by atomic mass is 9.99. The summed E-state index contributed by atoms with van der Waals surface area (Å²) in [7, 11) is -6.51. The fourth-order valence-electron chi connectivity index (χ4n) is 2.86. The number of aromatic nitrogens is 1. The summed E-state index contributed by atoms with van der Waals surface area (Å²) < 4.78 is 56.2. The van der Waals surface area contributed by atoms with Crippen molar-refractivity contribution in [3.63, 3.8) is 0 Å². The molecule has 0 amide bonds. The Morgan fingerprint density at radius 1 is 0.712 bits per heavy atom. The molecule has 9 nitrogen and oxygen atoms in total. The van der Waals surface area contributed by atoms with Crippen LogP contribution in [0.25, 0.3) is 0 Å². The second-order valence-electron chi connectivity index (χ2n) is 15.0. The van der Waals surface area contributed by atoms with Gasteiger partial charge in [-0.05, 0) is 84.0 Å². The van der Waals surface area contributed by atoms with E-state index in [4.69, 9.17) is 27.9 Å². The van der Waals surface area contributed by atoms with Crippen LogP contribution in [0.4, 0.5) is 0 Å². The number of benzene rings is 2. The van der Waals surface area contributed by atoms with E-state index in [1.54, 1.807) is 54.5 Å². The molecule has 14 heteroatoms. The Labute approximate surface area is 328 Å². The number of ketones is 1. The summed E-state index contributed by atoms with van der Waals surface area (Å²) in [6.07, 6.45) is 7.60. The first kappa shape index (κ1) is 52.1. The molecular formula is C38H59Cl2NO8S3. The van der Waals surface area contributed by atoms with E-state index in [0.717, 1.165) is 30.6 Å². The molecule has 0 radical (unpaired) electrons. The van der Waals surface area contributed by atoms with E-state index >= 15 is 0 Å². The third-order valence-corrected chi connectivity index (χ3v) is 7.64. The summed E-state index contributed by atoms with van der Waals surface area (Å²) in [5.41, 5.74) is 1.18. The van der Waals surface area contributed by atoms with Crippen LogP contribution in [0, 0.1) is 16.2 Å². The number of thioether (sulfide) groups is 1. The SMILES string of the molecule is CC(C)(C)COS(C)(=O)=O.CC(C)(C)COS(C)(=O)=O.CCOCC(C)(C)C.CSc1ccc(C(=O)c2cc(Cl)ccc2Cl)cc1.c1ccncc1. The molecule has 0 saturated heterocycles. The number of carbonyl (C=O) groups is 1. The smallest absolute Gasteiger partial charge is 0.264 e. The summed E-state index contributed by atoms with van der Waals surface area (Å²) in [6, 6.07) is 18.0. The maximum atomic E-state index is 12.3. The fourth-order valence-corrected chi connectivity index (χ4v) is 4.78. The maximum absolute atomic E-state index is 12.3. The first-order chi connectivity index (χ1) is 23.6. The first-order valence-corrected chi connectivity index (χ1v) is 22.0. The summed E-state index contributed by atoms with van der Waals surface area (Å²) >= 11 is 13.5. The molecule has 0 aliphatic carbocycles. The zero-order chi connectivity index (χ0) is 40.8. The van der Waals surface area contributed by atoms with Crippen molar-refractivity contribution < 1.29 is 34.7 Å². The lowest BCUT2D eigenvalue weighted by Crippen LogP contribution is -2.17. The monoisotopic (exact) mass is 823 g/mol. The highest BCUT2D eigenvalue weighted by Gasteiger charge is 2.15. The van der Waals surface area contributed by atoms with Gasteiger partial charge in [0.15, 0.2) is 5.78 Å². The van der Waals surface area contributed by atoms with Gasteiger partial charge in [0.25, 0.3) is 20.2 Å². The van der Waals surface area contributed by atoms with E-state index < -0.39 is 20.2 Å². The van der Waals surface area contributed by atoms with Gasteiger partial charge >= 0.3 is 0 Å². The van der Waals surface area contributed by atoms with Crippen molar-refractivity contribution in [2.75, 3.05) is 45.2 Å². The average Bonchev–Trinajstić information content (AvgIpc) is 3.03. The molecule has 0 bridgehead atoms. The molecule has 1 aromatic heterocycles. The number of hydrogen-bond acceptors (Lipinski definition) is 10. The predicted molar refractivity (Wildman–Crippen MR) is 219 cm³/mol. The molecule has 1 heterocycles. The lowest BCUT2D eigenvalue weighted by Gasteiger charge is -2.16. The van der Waals surface area contributed by atoms with E-state index in [1.165, 1.54) is 0 Å². The van der Waals surface area contributed by atoms with Crippen LogP contribution in [0.2, 0.25) is 10.0 Å². The minimum atomic E-state index is -3.26. The molecule has 0 aliphatic heterocycles. The Balaban J connectivity index is 0. The van der Waals surface area contributed by atoms with Gasteiger partial charge in [-0.3, -0.25) is 18.1 Å². The molecule has 0 saturated carbocycles. The number of nitrogens with zero attached hydrogens (tertiary/aromatic N) is 1. The number of carbonyl (C=O) groups excluding carboxylic acids is 1. The number of halogens is 2. The topological polar surface area (TPSA) is 126 Å². The maximum Gasteiger partial charge on any atom is 0.264 e. The van der Waals surface area contributed by atoms with Crippen molar-refractivity contribution in [3.05, 3.63) is 94.2 Å². The van der Waals surface area contributed by atoms with Gasteiger partial charge in [-0.1, -0.05) is 91.6 Å². The highest BCUT2D eigenvalue weighted by molar-refractivity contribution is 7.98. The van der Waals surface area contributed by atoms with Crippen LogP contribution in [0.15, 0.2) is 78.0 Å². The Hall–Kier alpha value is -2.03. The van der Waals surface area contributed by atoms with E-state index in [1.807, 2.05) is 85.1 Å². The van der Waals surface area contributed by atoms with Crippen LogP contribution in [0.1, 0.15) is 85.2 Å². The molecule has 0 spiro atoms. The summed E-state index contributed by atoms with van der Waals surface area (Å²) in [6.45, 7) is 22.2. The Morgan fingerprint density at radius 3 is 1.42 bits per heavy atom. The molecule has 0 N–H and O–H groups in total. The number of rotatable bonds is 9. The van der Waals surface area contributed by atoms with Gasteiger partial charge in [0.2, 0.25) is 0 Å². The molecule has 0 unspecified atom stereocenters. The minimum Gasteiger partial charge on any atom is -0.381 e. The van der Waals surface area contributed by atoms with E-state index in [0.29, 0.717) is 26.6 Å². The summed E-state index contributed by atoms with van der Waals surface area (Å²) in [5.74, 6) is -0.116. The quantitative estimate of drug-likeness (QED) is 0.117. The second-order valence-corrected chi connectivity index (χ2v) is 20.0. The standard InChI is InChI=1S/C14H10Cl2OS.C7H16O.2C6H14O3S.C5H5N/c1-18-11-5-2-9(3-6-11)14(17)12-8-10(15)4-7-13(12)16;1-5-8-6-7(2,3)4;2*1-6(2,3)5-9-10(4,7)8;1-2-4-6-5-3-1/h2-8H,1H3;5-6H2,1-4H3;2*5H2,1-4H3;1-5H. The van der Waals surface area contributed by atoms with Crippen molar-refractivity contribution in [3.8, 4) is 0 Å². The second kappa shape index (κ2) is 25.1. The molecule has 3 rings (SSSR count). The average molecular weight is 825 g/mol. The number of ether oxygens (including phenoxy) is 1. The van der Waals surface area contributed by atoms with Crippen LogP contribution in [0.3, 0.4) is 0 Å². The largest absolute Gasteiger partial charge is 0.381 e. The molecule has 0 aliphatic rings. The number of hydrogen-bond donors (Lipinski definition) is 0. The number of pyridine rings is 1. The summed E-state index contributed by atoms with van der Waals surface area (Å²) in [4.78, 5) is 17.2. The molecule has 52 heavy (non-hydrogen) atoms. The third kappa shape index (κ3) is 33.8. The third-order valence-electron chi connectivity index (χ3n) is 5.24. The van der Waals surface area contributed by atoms with Crippen molar-refractivity contribution in [1.82, 2.24) is 4.98 Å². The van der Waals surface area contributed by atoms with Gasteiger partial charge < -0.3 is 4.74 Å². The van der Waals surface area contributed by atoms with Crippen LogP contribution in [-0.4, -0.2) is 72.8 Å². The van der Waals surface area contributed by atoms with Gasteiger partial charge in [-0.2, -0.15) is 16.8 Å². The molecule has 2 aromatic carbocycles. The zero-order valence-electron chi connectivity index (χ0n) is 33.0. The molecule has 3 aromatic rings. The zero-order valence-corrected chi connectivity index (χ0v) is 36.9. The van der Waals surface area contributed by atoms with Crippen LogP contribution in [-0.2, 0) is 33.3 Å². The van der Waals surface area contributed by atoms with Gasteiger partial charge in [-0.15, -0.1) is 11.8 Å². The van der Waals surface area contributed by atoms with Crippen molar-refractivity contribution in [2.24, 2.45) is 16.2 Å². The highest BCUT2D eigenvalue weighted by Crippen LogP contribution is 2.24. The predicted octanol–water partition coefficient (Wildman–Crippen LogP) is 10.1. The summed E-state index contributed by atoms with van der Waals surface area (Å²) in [5, 5.41) is 0.918. The van der Waals surface area contributed by atoms with Gasteiger partial charge in [0, 0.05) is 40.0 Å². The molecule has 0 atom stereocenters. The molecule has 296 valence electrons. The van der Waals surface area contributed by atoms with E-state index in [2.05, 4.69) is 34.1 Å². The normalized spacial score (nSPS) is 11.6. The van der Waals surface area contributed by atoms with E-state index in [9.17, 15) is 21.6 Å².